The van der Waals surface area contributed by atoms with Crippen LogP contribution in [0, 0.1) is 6.92 Å². The van der Waals surface area contributed by atoms with Crippen LogP contribution >= 0.6 is 7.60 Å². The van der Waals surface area contributed by atoms with Crippen LogP contribution in [0.25, 0.3) is 17.5 Å². The van der Waals surface area contributed by atoms with Gasteiger partial charge in [0.05, 0.1) is 5.41 Å². The molecule has 0 radical (unpaired) electrons. The summed E-state index contributed by atoms with van der Waals surface area (Å²) in [5.41, 5.74) is 2.52. The van der Waals surface area contributed by atoms with Gasteiger partial charge >= 0.3 is 13.8 Å². The molecule has 5 aromatic rings. The minimum atomic E-state index is -5.13. The summed E-state index contributed by atoms with van der Waals surface area (Å²) in [5.74, 6) is 0.568. The van der Waals surface area contributed by atoms with Crippen LogP contribution in [0.2, 0.25) is 0 Å². The van der Waals surface area contributed by atoms with E-state index < -0.39 is 19.2 Å². The summed E-state index contributed by atoms with van der Waals surface area (Å²) >= 11 is 0. The van der Waals surface area contributed by atoms with Crippen molar-refractivity contribution >= 4 is 19.5 Å². The third-order valence-corrected chi connectivity index (χ3v) is 8.14. The third-order valence-electron chi connectivity index (χ3n) is 7.17. The summed E-state index contributed by atoms with van der Waals surface area (Å²) in [6.07, 6.45) is 0.944. The Morgan fingerprint density at radius 2 is 1.59 bits per heavy atom. The standard InChI is InChI=1S/C34H29F2N2O5P/c1-24-37-32(42-38-24)28-16-18-29(19-17-28)34(31(39)27-12-6-3-7-13-27,22-8-11-25-9-4-2-5-10-25)23-26-14-20-30(21-15-26)43-44(40,41)33(35)36/h2-21,33H,22-23H2,1H3,(H,40,41). The Bertz CT molecular complexity index is 1780. The van der Waals surface area contributed by atoms with Crippen LogP contribution in [0.15, 0.2) is 120 Å². The Morgan fingerprint density at radius 1 is 0.955 bits per heavy atom. The lowest BCUT2D eigenvalue weighted by Crippen LogP contribution is -2.38. The van der Waals surface area contributed by atoms with Gasteiger partial charge in [-0.1, -0.05) is 102 Å². The Balaban J connectivity index is 1.58. The van der Waals surface area contributed by atoms with Crippen LogP contribution < -0.4 is 4.52 Å². The van der Waals surface area contributed by atoms with Gasteiger partial charge in [0.2, 0.25) is 0 Å². The molecule has 0 saturated carbocycles. The molecule has 1 N–H and O–H groups in total. The predicted molar refractivity (Wildman–Crippen MR) is 164 cm³/mol. The average molecular weight is 615 g/mol. The number of benzene rings is 4. The van der Waals surface area contributed by atoms with Crippen LogP contribution in [-0.4, -0.2) is 27.0 Å². The maximum atomic E-state index is 14.5. The molecule has 0 aliphatic carbocycles. The molecule has 0 spiro atoms. The zero-order valence-electron chi connectivity index (χ0n) is 23.7. The summed E-state index contributed by atoms with van der Waals surface area (Å²) in [6.45, 7) is 1.73. The second kappa shape index (κ2) is 13.3. The Kier molecular flexibility index (Phi) is 9.28. The number of hydrogen-bond donors (Lipinski definition) is 1. The summed E-state index contributed by atoms with van der Waals surface area (Å²) in [4.78, 5) is 28.3. The highest BCUT2D eigenvalue weighted by Crippen LogP contribution is 2.49. The summed E-state index contributed by atoms with van der Waals surface area (Å²) in [7, 11) is -5.13. The largest absolute Gasteiger partial charge is 0.442 e. The fraction of sp³-hybridized carbons (Fsp3) is 0.147. The first-order chi connectivity index (χ1) is 21.2. The normalized spacial score (nSPS) is 14.3. The number of carbonyl (C=O) groups is 1. The Hall–Kier alpha value is -4.72. The van der Waals surface area contributed by atoms with Gasteiger partial charge in [-0.2, -0.15) is 13.8 Å². The van der Waals surface area contributed by atoms with Crippen molar-refractivity contribution in [3.8, 4) is 17.2 Å². The molecule has 10 heteroatoms. The molecular weight excluding hydrogens is 585 g/mol. The fourth-order valence-corrected chi connectivity index (χ4v) is 5.48. The van der Waals surface area contributed by atoms with E-state index >= 15 is 0 Å². The Morgan fingerprint density at radius 3 is 2.18 bits per heavy atom. The minimum Gasteiger partial charge on any atom is -0.421 e. The number of alkyl halides is 2. The quantitative estimate of drug-likeness (QED) is 0.111. The number of allylic oxidation sites excluding steroid dienone is 1. The van der Waals surface area contributed by atoms with Crippen molar-refractivity contribution in [3.05, 3.63) is 143 Å². The number of aromatic nitrogens is 2. The molecule has 5 rings (SSSR count). The maximum absolute atomic E-state index is 14.5. The van der Waals surface area contributed by atoms with Crippen molar-refractivity contribution < 1.29 is 32.1 Å². The number of hydrogen-bond acceptors (Lipinski definition) is 6. The zero-order chi connectivity index (χ0) is 31.2. The van der Waals surface area contributed by atoms with Crippen LogP contribution in [0.3, 0.4) is 0 Å². The Labute approximate surface area is 253 Å². The van der Waals surface area contributed by atoms with Gasteiger partial charge in [0.1, 0.15) is 5.75 Å². The van der Waals surface area contributed by atoms with Crippen LogP contribution in [-0.2, 0) is 16.4 Å². The van der Waals surface area contributed by atoms with Gasteiger partial charge in [0.25, 0.3) is 5.89 Å². The van der Waals surface area contributed by atoms with Crippen molar-refractivity contribution in [2.24, 2.45) is 0 Å². The van der Waals surface area contributed by atoms with Gasteiger partial charge in [-0.25, -0.2) is 4.57 Å². The second-order valence-corrected chi connectivity index (χ2v) is 12.0. The molecule has 0 fully saturated rings. The topological polar surface area (TPSA) is 103 Å². The second-order valence-electron chi connectivity index (χ2n) is 10.3. The molecule has 0 aliphatic rings. The molecule has 1 aromatic heterocycles. The molecule has 44 heavy (non-hydrogen) atoms. The number of ketones is 1. The van der Waals surface area contributed by atoms with Gasteiger partial charge in [-0.05, 0) is 60.7 Å². The van der Waals surface area contributed by atoms with E-state index in [0.717, 1.165) is 11.1 Å². The summed E-state index contributed by atoms with van der Waals surface area (Å²) < 4.78 is 47.6. The first-order valence-electron chi connectivity index (χ1n) is 13.8. The van der Waals surface area contributed by atoms with E-state index in [1.54, 1.807) is 43.3 Å². The van der Waals surface area contributed by atoms with Crippen molar-refractivity contribution in [1.29, 1.82) is 0 Å². The molecule has 0 amide bonds. The molecule has 2 unspecified atom stereocenters. The molecule has 0 saturated heterocycles. The van der Waals surface area contributed by atoms with Crippen LogP contribution in [0.4, 0.5) is 8.78 Å². The van der Waals surface area contributed by atoms with Crippen LogP contribution in [0.5, 0.6) is 5.75 Å². The molecule has 0 bridgehead atoms. The first-order valence-corrected chi connectivity index (χ1v) is 15.4. The molecule has 7 nitrogen and oxygen atoms in total. The van der Waals surface area contributed by atoms with Gasteiger partial charge in [0.15, 0.2) is 11.6 Å². The average Bonchev–Trinajstić information content (AvgIpc) is 3.48. The molecule has 224 valence electrons. The maximum Gasteiger partial charge on any atom is 0.442 e. The van der Waals surface area contributed by atoms with Crippen LogP contribution in [0.1, 0.15) is 39.3 Å². The van der Waals surface area contributed by atoms with E-state index in [4.69, 9.17) is 4.52 Å². The highest BCUT2D eigenvalue weighted by molar-refractivity contribution is 7.53. The smallest absolute Gasteiger partial charge is 0.421 e. The molecule has 1 heterocycles. The lowest BCUT2D eigenvalue weighted by molar-refractivity contribution is 0.0882. The molecular formula is C34H29F2N2O5P. The fourth-order valence-electron chi connectivity index (χ4n) is 4.98. The SMILES string of the molecule is Cc1noc(-c2ccc(C(CC=Cc3ccccc3)(Cc3ccc(OP(=O)(O)C(F)F)cc3)C(=O)c3ccccc3)cc2)n1. The van der Waals surface area contributed by atoms with Gasteiger partial charge in [0, 0.05) is 11.1 Å². The van der Waals surface area contributed by atoms with Gasteiger partial charge in [-0.15, -0.1) is 0 Å². The van der Waals surface area contributed by atoms with Gasteiger partial charge in [-0.3, -0.25) is 4.79 Å². The zero-order valence-corrected chi connectivity index (χ0v) is 24.6. The van der Waals surface area contributed by atoms with E-state index in [1.165, 1.54) is 12.1 Å². The van der Waals surface area contributed by atoms with Gasteiger partial charge < -0.3 is 13.9 Å². The van der Waals surface area contributed by atoms with Crippen molar-refractivity contribution in [2.75, 3.05) is 0 Å². The summed E-state index contributed by atoms with van der Waals surface area (Å²) in [6, 6.07) is 32.0. The monoisotopic (exact) mass is 614 g/mol. The van der Waals surface area contributed by atoms with E-state index in [2.05, 4.69) is 14.7 Å². The minimum absolute atomic E-state index is 0.116. The number of carbonyl (C=O) groups excluding carboxylic acids is 1. The van der Waals surface area contributed by atoms with Crippen molar-refractivity contribution in [2.45, 2.75) is 31.3 Å². The number of Topliss-reactive ketones (excluding diaryl/α,β-unsaturated/α-hetero) is 1. The molecule has 4 aromatic carbocycles. The highest BCUT2D eigenvalue weighted by atomic mass is 31.2. The lowest BCUT2D eigenvalue weighted by Gasteiger charge is -2.33. The van der Waals surface area contributed by atoms with E-state index in [0.29, 0.717) is 34.8 Å². The van der Waals surface area contributed by atoms with Crippen molar-refractivity contribution in [1.82, 2.24) is 10.1 Å². The number of aryl methyl sites for hydroxylation is 1. The molecule has 0 aliphatic heterocycles. The molecule has 2 atom stereocenters. The highest BCUT2D eigenvalue weighted by Gasteiger charge is 2.40. The lowest BCUT2D eigenvalue weighted by atomic mass is 9.68. The number of nitrogens with zero attached hydrogens (tertiary/aromatic N) is 2. The third kappa shape index (κ3) is 7.08. The number of halogens is 2. The predicted octanol–water partition coefficient (Wildman–Crippen LogP) is 8.30. The summed E-state index contributed by atoms with van der Waals surface area (Å²) in [5, 5.41) is 3.86. The number of rotatable bonds is 12. The van der Waals surface area contributed by atoms with Crippen molar-refractivity contribution in [3.63, 3.8) is 0 Å². The first kappa shape index (κ1) is 30.7. The van der Waals surface area contributed by atoms with E-state index in [1.807, 2.05) is 72.8 Å². The van der Waals surface area contributed by atoms with E-state index in [9.17, 15) is 23.0 Å². The van der Waals surface area contributed by atoms with E-state index in [-0.39, 0.29) is 18.0 Å².